The molecule has 3 aromatic rings. The maximum absolute atomic E-state index is 5.98. The highest BCUT2D eigenvalue weighted by atomic mass is 16.3. The van der Waals surface area contributed by atoms with Crippen molar-refractivity contribution in [2.24, 2.45) is 7.05 Å². The number of pyridine rings is 1. The number of allylic oxidation sites excluding steroid dienone is 5. The number of hydrogen-bond acceptors (Lipinski definition) is 1. The van der Waals surface area contributed by atoms with Crippen molar-refractivity contribution in [3.05, 3.63) is 96.5 Å². The third-order valence-corrected chi connectivity index (χ3v) is 4.54. The highest BCUT2D eigenvalue weighted by Gasteiger charge is 2.18. The molecule has 0 spiro atoms. The van der Waals surface area contributed by atoms with E-state index in [0.717, 1.165) is 38.9 Å². The van der Waals surface area contributed by atoms with Crippen LogP contribution in [0.25, 0.3) is 28.3 Å². The van der Waals surface area contributed by atoms with Crippen LogP contribution >= 0.6 is 0 Å². The maximum Gasteiger partial charge on any atom is 0.216 e. The van der Waals surface area contributed by atoms with Gasteiger partial charge in [-0.2, -0.15) is 0 Å². The van der Waals surface area contributed by atoms with Gasteiger partial charge in [0.2, 0.25) is 5.69 Å². The smallest absolute Gasteiger partial charge is 0.216 e. The number of rotatable bonds is 5. The van der Waals surface area contributed by atoms with Crippen molar-refractivity contribution in [2.45, 2.75) is 13.8 Å². The molecule has 2 nitrogen and oxygen atoms in total. The number of hydrogen-bond donors (Lipinski definition) is 0. The lowest BCUT2D eigenvalue weighted by molar-refractivity contribution is -0.660. The number of fused-ring (bicyclic) bond motifs is 1. The molecule has 2 aromatic heterocycles. The van der Waals surface area contributed by atoms with Crippen molar-refractivity contribution in [2.75, 3.05) is 0 Å². The minimum Gasteiger partial charge on any atom is -0.463 e. The Morgan fingerprint density at radius 1 is 1.08 bits per heavy atom. The zero-order valence-electron chi connectivity index (χ0n) is 15.6. The molecule has 2 heteroatoms. The van der Waals surface area contributed by atoms with Gasteiger partial charge in [-0.1, -0.05) is 49.6 Å². The van der Waals surface area contributed by atoms with E-state index in [2.05, 4.69) is 42.8 Å². The zero-order valence-corrected chi connectivity index (χ0v) is 15.6. The van der Waals surface area contributed by atoms with E-state index in [1.165, 1.54) is 5.56 Å². The van der Waals surface area contributed by atoms with Crippen molar-refractivity contribution in [3.8, 4) is 11.3 Å². The average molecular weight is 342 g/mol. The predicted molar refractivity (Wildman–Crippen MR) is 110 cm³/mol. The summed E-state index contributed by atoms with van der Waals surface area (Å²) in [6, 6.07) is 10.4. The molecular formula is C24H24NO+. The van der Waals surface area contributed by atoms with Crippen LogP contribution in [0.5, 0.6) is 0 Å². The fourth-order valence-electron chi connectivity index (χ4n) is 3.05. The number of furan rings is 1. The number of aryl methyl sites for hydroxylation is 2. The minimum atomic E-state index is 0.888. The Balaban J connectivity index is 2.07. The topological polar surface area (TPSA) is 17.0 Å². The second kappa shape index (κ2) is 7.40. The Bertz CT molecular complexity index is 1050. The standard InChI is InChI=1S/C24H24NO/c1-6-9-17(2)18(3)11-13-20-16-26-24-21(20)14-12-19(4)23(24)22-10-7-8-15-25(22)5/h6-16H,2-3H2,1,4-5H3/q+1/b9-6-,13-11-. The molecule has 0 atom stereocenters. The van der Waals surface area contributed by atoms with E-state index in [1.54, 1.807) is 6.26 Å². The van der Waals surface area contributed by atoms with Crippen LogP contribution in [-0.2, 0) is 7.05 Å². The van der Waals surface area contributed by atoms with Crippen LogP contribution in [-0.4, -0.2) is 0 Å². The lowest BCUT2D eigenvalue weighted by atomic mass is 10.00. The molecule has 0 radical (unpaired) electrons. The molecule has 0 unspecified atom stereocenters. The Kier molecular flexibility index (Phi) is 5.04. The molecule has 0 saturated heterocycles. The third kappa shape index (κ3) is 3.31. The van der Waals surface area contributed by atoms with Crippen molar-refractivity contribution < 1.29 is 8.98 Å². The molecule has 26 heavy (non-hydrogen) atoms. The summed E-state index contributed by atoms with van der Waals surface area (Å²) in [7, 11) is 2.05. The maximum atomic E-state index is 5.98. The van der Waals surface area contributed by atoms with Crippen molar-refractivity contribution >= 4 is 17.0 Å². The van der Waals surface area contributed by atoms with Crippen molar-refractivity contribution in [1.29, 1.82) is 0 Å². The first-order valence-electron chi connectivity index (χ1n) is 8.67. The highest BCUT2D eigenvalue weighted by molar-refractivity contribution is 5.97. The molecular weight excluding hydrogens is 318 g/mol. The van der Waals surface area contributed by atoms with E-state index in [4.69, 9.17) is 4.42 Å². The molecule has 0 aliphatic carbocycles. The van der Waals surface area contributed by atoms with Gasteiger partial charge in [0.15, 0.2) is 6.20 Å². The van der Waals surface area contributed by atoms with Gasteiger partial charge in [0.25, 0.3) is 0 Å². The van der Waals surface area contributed by atoms with Crippen LogP contribution in [0.2, 0.25) is 0 Å². The third-order valence-electron chi connectivity index (χ3n) is 4.54. The quantitative estimate of drug-likeness (QED) is 0.414. The van der Waals surface area contributed by atoms with Crippen molar-refractivity contribution in [3.63, 3.8) is 0 Å². The Morgan fingerprint density at radius 2 is 1.85 bits per heavy atom. The predicted octanol–water partition coefficient (Wildman–Crippen LogP) is 5.93. The van der Waals surface area contributed by atoms with Crippen LogP contribution < -0.4 is 4.57 Å². The first-order valence-corrected chi connectivity index (χ1v) is 8.67. The molecule has 0 bridgehead atoms. The zero-order chi connectivity index (χ0) is 18.7. The summed E-state index contributed by atoms with van der Waals surface area (Å²) in [4.78, 5) is 0. The highest BCUT2D eigenvalue weighted by Crippen LogP contribution is 2.33. The van der Waals surface area contributed by atoms with Gasteiger partial charge in [0.1, 0.15) is 12.6 Å². The minimum absolute atomic E-state index is 0.888. The van der Waals surface area contributed by atoms with E-state index in [9.17, 15) is 0 Å². The fraction of sp³-hybridized carbons (Fsp3) is 0.125. The fourth-order valence-corrected chi connectivity index (χ4v) is 3.05. The van der Waals surface area contributed by atoms with Gasteiger partial charge >= 0.3 is 0 Å². The van der Waals surface area contributed by atoms with Gasteiger partial charge in [-0.25, -0.2) is 4.57 Å². The summed E-state index contributed by atoms with van der Waals surface area (Å²) in [5, 5.41) is 1.09. The Morgan fingerprint density at radius 3 is 2.58 bits per heavy atom. The van der Waals surface area contributed by atoms with Gasteiger partial charge in [-0.3, -0.25) is 0 Å². The van der Waals surface area contributed by atoms with Crippen LogP contribution in [0.4, 0.5) is 0 Å². The first-order chi connectivity index (χ1) is 12.5. The molecule has 0 N–H and O–H groups in total. The number of benzene rings is 1. The summed E-state index contributed by atoms with van der Waals surface area (Å²) in [6.07, 6.45) is 11.8. The monoisotopic (exact) mass is 342 g/mol. The van der Waals surface area contributed by atoms with Gasteiger partial charge in [-0.05, 0) is 36.6 Å². The summed E-state index contributed by atoms with van der Waals surface area (Å²) in [6.45, 7) is 12.2. The molecule has 0 amide bonds. The van der Waals surface area contributed by atoms with E-state index < -0.39 is 0 Å². The van der Waals surface area contributed by atoms with Crippen molar-refractivity contribution in [1.82, 2.24) is 0 Å². The largest absolute Gasteiger partial charge is 0.463 e. The number of nitrogens with zero attached hydrogens (tertiary/aromatic N) is 1. The van der Waals surface area contributed by atoms with Crippen LogP contribution in [0, 0.1) is 6.92 Å². The second-order valence-electron chi connectivity index (χ2n) is 6.41. The van der Waals surface area contributed by atoms with E-state index >= 15 is 0 Å². The van der Waals surface area contributed by atoms with E-state index in [1.807, 2.05) is 56.6 Å². The van der Waals surface area contributed by atoms with Gasteiger partial charge in [-0.15, -0.1) is 0 Å². The Labute approximate surface area is 155 Å². The van der Waals surface area contributed by atoms with Crippen LogP contribution in [0.15, 0.2) is 89.7 Å². The molecule has 0 aliphatic heterocycles. The SMILES string of the molecule is C=C(/C=C\C)C(=C)/C=C\c1coc2c(-c3cccc[n+]3C)c(C)ccc12. The lowest BCUT2D eigenvalue weighted by Crippen LogP contribution is -2.30. The average Bonchev–Trinajstić information content (AvgIpc) is 3.03. The van der Waals surface area contributed by atoms with Gasteiger partial charge < -0.3 is 4.42 Å². The lowest BCUT2D eigenvalue weighted by Gasteiger charge is -2.05. The second-order valence-corrected chi connectivity index (χ2v) is 6.41. The van der Waals surface area contributed by atoms with Crippen LogP contribution in [0.1, 0.15) is 18.1 Å². The summed E-state index contributed by atoms with van der Waals surface area (Å²) < 4.78 is 8.09. The molecule has 1 aromatic carbocycles. The normalized spacial score (nSPS) is 11.7. The molecule has 0 aliphatic rings. The van der Waals surface area contributed by atoms with E-state index in [-0.39, 0.29) is 0 Å². The Hall–Kier alpha value is -3.13. The number of aromatic nitrogens is 1. The molecule has 0 fully saturated rings. The molecule has 3 rings (SSSR count). The first kappa shape index (κ1) is 17.7. The van der Waals surface area contributed by atoms with Gasteiger partial charge in [0, 0.05) is 23.1 Å². The summed E-state index contributed by atoms with van der Waals surface area (Å²) >= 11 is 0. The molecule has 0 saturated carbocycles. The van der Waals surface area contributed by atoms with Crippen LogP contribution in [0.3, 0.4) is 0 Å². The molecule has 2 heterocycles. The summed E-state index contributed by atoms with van der Waals surface area (Å²) in [5.41, 5.74) is 7.19. The van der Waals surface area contributed by atoms with E-state index in [0.29, 0.717) is 0 Å². The molecule has 130 valence electrons. The van der Waals surface area contributed by atoms with Gasteiger partial charge in [0.05, 0.1) is 11.8 Å². The summed E-state index contributed by atoms with van der Waals surface area (Å²) in [5.74, 6) is 0.